The molecule has 0 radical (unpaired) electrons. The van der Waals surface area contributed by atoms with Gasteiger partial charge in [0, 0.05) is 32.1 Å². The molecule has 186 valence electrons. The Hall–Kier alpha value is -2.53. The normalized spacial score (nSPS) is 22.9. The van der Waals surface area contributed by atoms with E-state index in [0.717, 1.165) is 37.9 Å². The Morgan fingerprint density at radius 1 is 1.06 bits per heavy atom. The summed E-state index contributed by atoms with van der Waals surface area (Å²) in [5.41, 5.74) is 2.61. The average molecular weight is 467 g/mol. The Morgan fingerprint density at radius 2 is 1.76 bits per heavy atom. The minimum Gasteiger partial charge on any atom is -0.493 e. The van der Waals surface area contributed by atoms with Crippen LogP contribution in [0.15, 0.2) is 48.5 Å². The van der Waals surface area contributed by atoms with Gasteiger partial charge >= 0.3 is 0 Å². The fourth-order valence-electron chi connectivity index (χ4n) is 5.51. The first-order chi connectivity index (χ1) is 16.3. The second-order valence-electron chi connectivity index (χ2n) is 10.0. The molecule has 1 saturated heterocycles. The third-order valence-corrected chi connectivity index (χ3v) is 7.82. The zero-order chi connectivity index (χ0) is 24.7. The smallest absolute Gasteiger partial charge is 0.222 e. The van der Waals surface area contributed by atoms with Crippen LogP contribution >= 0.6 is 0 Å². The molecule has 1 aliphatic heterocycles. The topological polar surface area (TPSA) is 42.0 Å². The molecule has 3 atom stereocenters. The van der Waals surface area contributed by atoms with Crippen LogP contribution in [0, 0.1) is 11.3 Å². The van der Waals surface area contributed by atoms with Crippen molar-refractivity contribution in [2.45, 2.75) is 59.0 Å². The first-order valence-corrected chi connectivity index (χ1v) is 12.5. The van der Waals surface area contributed by atoms with Crippen LogP contribution in [0.5, 0.6) is 11.5 Å². The Labute approximate surface area is 206 Å². The highest BCUT2D eigenvalue weighted by Crippen LogP contribution is 2.44. The van der Waals surface area contributed by atoms with E-state index in [0.29, 0.717) is 36.4 Å². The van der Waals surface area contributed by atoms with Gasteiger partial charge in [0.15, 0.2) is 11.5 Å². The number of ether oxygens (including phenoxy) is 2. The van der Waals surface area contributed by atoms with E-state index in [1.54, 1.807) is 14.2 Å². The van der Waals surface area contributed by atoms with Gasteiger partial charge in [0.25, 0.3) is 0 Å². The molecular formula is C29H42N2O3. The summed E-state index contributed by atoms with van der Waals surface area (Å²) >= 11 is 0. The summed E-state index contributed by atoms with van der Waals surface area (Å²) in [6.07, 6.45) is 3.70. The van der Waals surface area contributed by atoms with Crippen molar-refractivity contribution >= 4 is 5.91 Å². The van der Waals surface area contributed by atoms with Crippen LogP contribution in [0.3, 0.4) is 0 Å². The summed E-state index contributed by atoms with van der Waals surface area (Å²) in [7, 11) is 5.52. The second-order valence-corrected chi connectivity index (χ2v) is 10.0. The van der Waals surface area contributed by atoms with E-state index in [1.165, 1.54) is 5.56 Å². The summed E-state index contributed by atoms with van der Waals surface area (Å²) in [6, 6.07) is 17.3. The van der Waals surface area contributed by atoms with Gasteiger partial charge in [0.1, 0.15) is 0 Å². The minimum atomic E-state index is 0.164. The molecule has 1 amide bonds. The molecule has 0 unspecified atom stereocenters. The molecule has 5 nitrogen and oxygen atoms in total. The zero-order valence-electron chi connectivity index (χ0n) is 21.8. The van der Waals surface area contributed by atoms with Crippen molar-refractivity contribution in [1.29, 1.82) is 0 Å². The molecule has 0 aromatic heterocycles. The standard InChI is InChI=1S/C29H42N2O3/c1-7-28(32)31(21-25-13-14-26(33-5)27(17-25)34-6)16-15-29(19-24-11-9-8-10-12-24)18-23(3)30(4)20-22(29)2/h8-14,17,22-23H,7,15-16,18-21H2,1-6H3/t22-,23+,29-/m1/s1. The number of hydrogen-bond acceptors (Lipinski definition) is 4. The molecule has 0 saturated carbocycles. The highest BCUT2D eigenvalue weighted by Gasteiger charge is 2.42. The van der Waals surface area contributed by atoms with E-state index in [9.17, 15) is 4.79 Å². The van der Waals surface area contributed by atoms with Crippen LogP contribution in [0.1, 0.15) is 51.2 Å². The lowest BCUT2D eigenvalue weighted by Gasteiger charge is -2.50. The van der Waals surface area contributed by atoms with Crippen molar-refractivity contribution in [1.82, 2.24) is 9.80 Å². The number of carbonyl (C=O) groups is 1. The van der Waals surface area contributed by atoms with E-state index in [-0.39, 0.29) is 11.3 Å². The van der Waals surface area contributed by atoms with Gasteiger partial charge in [0.2, 0.25) is 5.91 Å². The fraction of sp³-hybridized carbons (Fsp3) is 0.552. The van der Waals surface area contributed by atoms with Crippen molar-refractivity contribution < 1.29 is 14.3 Å². The molecular weight excluding hydrogens is 424 g/mol. The van der Waals surface area contributed by atoms with Crippen molar-refractivity contribution in [2.24, 2.45) is 11.3 Å². The van der Waals surface area contributed by atoms with Crippen LogP contribution in [0.25, 0.3) is 0 Å². The largest absolute Gasteiger partial charge is 0.493 e. The number of benzene rings is 2. The van der Waals surface area contributed by atoms with E-state index in [1.807, 2.05) is 30.0 Å². The number of amides is 1. The Kier molecular flexibility index (Phi) is 9.01. The molecule has 0 spiro atoms. The fourth-order valence-corrected chi connectivity index (χ4v) is 5.51. The Bertz CT molecular complexity index is 932. The lowest BCUT2D eigenvalue weighted by atomic mass is 9.63. The van der Waals surface area contributed by atoms with Crippen molar-refractivity contribution in [3.8, 4) is 11.5 Å². The number of carbonyl (C=O) groups excluding carboxylic acids is 1. The molecule has 1 fully saturated rings. The van der Waals surface area contributed by atoms with Crippen LogP contribution in [0.4, 0.5) is 0 Å². The Balaban J connectivity index is 1.83. The van der Waals surface area contributed by atoms with Crippen LogP contribution in [0.2, 0.25) is 0 Å². The van der Waals surface area contributed by atoms with E-state index >= 15 is 0 Å². The highest BCUT2D eigenvalue weighted by atomic mass is 16.5. The zero-order valence-corrected chi connectivity index (χ0v) is 21.8. The van der Waals surface area contributed by atoms with Crippen LogP contribution in [-0.2, 0) is 17.8 Å². The quantitative estimate of drug-likeness (QED) is 0.469. The third kappa shape index (κ3) is 6.12. The van der Waals surface area contributed by atoms with Gasteiger partial charge in [-0.15, -0.1) is 0 Å². The molecule has 0 N–H and O–H groups in total. The first-order valence-electron chi connectivity index (χ1n) is 12.5. The van der Waals surface area contributed by atoms with Crippen molar-refractivity contribution in [2.75, 3.05) is 34.4 Å². The maximum absolute atomic E-state index is 13.0. The molecule has 5 heteroatoms. The van der Waals surface area contributed by atoms with Crippen molar-refractivity contribution in [3.05, 3.63) is 59.7 Å². The number of hydrogen-bond donors (Lipinski definition) is 0. The molecule has 0 bridgehead atoms. The van der Waals surface area contributed by atoms with Gasteiger partial charge in [-0.3, -0.25) is 4.79 Å². The van der Waals surface area contributed by atoms with Gasteiger partial charge in [-0.05, 0) is 67.8 Å². The summed E-state index contributed by atoms with van der Waals surface area (Å²) in [4.78, 5) is 17.5. The number of piperidine rings is 1. The van der Waals surface area contributed by atoms with Gasteiger partial charge in [-0.2, -0.15) is 0 Å². The third-order valence-electron chi connectivity index (χ3n) is 7.82. The molecule has 0 aliphatic carbocycles. The minimum absolute atomic E-state index is 0.164. The summed E-state index contributed by atoms with van der Waals surface area (Å²) < 4.78 is 10.9. The summed E-state index contributed by atoms with van der Waals surface area (Å²) in [6.45, 7) is 9.11. The maximum Gasteiger partial charge on any atom is 0.222 e. The lowest BCUT2D eigenvalue weighted by Crippen LogP contribution is -2.51. The lowest BCUT2D eigenvalue weighted by molar-refractivity contribution is -0.132. The second kappa shape index (κ2) is 11.7. The summed E-state index contributed by atoms with van der Waals surface area (Å²) in [5.74, 6) is 2.14. The molecule has 1 aliphatic rings. The SMILES string of the molecule is CCC(=O)N(CC[C@]1(Cc2ccccc2)C[C@H](C)N(C)C[C@H]1C)Cc1ccc(OC)c(OC)c1. The molecule has 34 heavy (non-hydrogen) atoms. The molecule has 2 aromatic carbocycles. The predicted octanol–water partition coefficient (Wildman–Crippen LogP) is 5.42. The van der Waals surface area contributed by atoms with Crippen molar-refractivity contribution in [3.63, 3.8) is 0 Å². The predicted molar refractivity (Wildman–Crippen MR) is 138 cm³/mol. The number of nitrogens with zero attached hydrogens (tertiary/aromatic N) is 2. The van der Waals surface area contributed by atoms with Crippen LogP contribution in [-0.4, -0.2) is 56.1 Å². The van der Waals surface area contributed by atoms with Gasteiger partial charge in [-0.25, -0.2) is 0 Å². The van der Waals surface area contributed by atoms with Gasteiger partial charge in [-0.1, -0.05) is 50.2 Å². The maximum atomic E-state index is 13.0. The monoisotopic (exact) mass is 466 g/mol. The molecule has 1 heterocycles. The van der Waals surface area contributed by atoms with Gasteiger partial charge < -0.3 is 19.3 Å². The number of rotatable bonds is 10. The van der Waals surface area contributed by atoms with Gasteiger partial charge in [0.05, 0.1) is 14.2 Å². The van der Waals surface area contributed by atoms with E-state index < -0.39 is 0 Å². The van der Waals surface area contributed by atoms with E-state index in [2.05, 4.69) is 56.1 Å². The highest BCUT2D eigenvalue weighted by molar-refractivity contribution is 5.75. The Morgan fingerprint density at radius 3 is 2.41 bits per heavy atom. The number of methoxy groups -OCH3 is 2. The first kappa shape index (κ1) is 26.1. The van der Waals surface area contributed by atoms with Crippen LogP contribution < -0.4 is 9.47 Å². The average Bonchev–Trinajstić information content (AvgIpc) is 2.85. The van der Waals surface area contributed by atoms with E-state index in [4.69, 9.17) is 9.47 Å². The molecule has 2 aromatic rings. The molecule has 3 rings (SSSR count). The number of likely N-dealkylation sites (tertiary alicyclic amines) is 1. The summed E-state index contributed by atoms with van der Waals surface area (Å²) in [5, 5.41) is 0.